The molecule has 0 saturated heterocycles. The topological polar surface area (TPSA) is 47.6 Å². The molecule has 4 nitrogen and oxygen atoms in total. The fraction of sp³-hybridized carbons (Fsp3) is 0.438. The number of ether oxygens (including phenoxy) is 2. The van der Waals surface area contributed by atoms with Crippen LogP contribution in [-0.4, -0.2) is 20.1 Å². The van der Waals surface area contributed by atoms with Gasteiger partial charge in [0.2, 0.25) is 5.91 Å². The predicted molar refractivity (Wildman–Crippen MR) is 77.9 cm³/mol. The highest BCUT2D eigenvalue weighted by Gasteiger charge is 2.14. The van der Waals surface area contributed by atoms with Crippen LogP contribution in [0.4, 0.5) is 0 Å². The first-order valence-corrected chi connectivity index (χ1v) is 6.87. The predicted octanol–water partition coefficient (Wildman–Crippen LogP) is 2.68. The van der Waals surface area contributed by atoms with Crippen molar-refractivity contribution < 1.29 is 14.3 Å². The minimum Gasteiger partial charge on any atom is -0.497 e. The van der Waals surface area contributed by atoms with Crippen LogP contribution in [0.5, 0.6) is 11.5 Å². The molecule has 0 aromatic heterocycles. The first-order valence-electron chi connectivity index (χ1n) is 6.87. The van der Waals surface area contributed by atoms with Gasteiger partial charge in [0.25, 0.3) is 0 Å². The van der Waals surface area contributed by atoms with E-state index in [0.717, 1.165) is 29.9 Å². The smallest absolute Gasteiger partial charge is 0.220 e. The van der Waals surface area contributed by atoms with Gasteiger partial charge in [-0.25, -0.2) is 0 Å². The van der Waals surface area contributed by atoms with E-state index in [2.05, 4.69) is 17.5 Å². The highest BCUT2D eigenvalue weighted by molar-refractivity contribution is 5.76. The molecule has 0 bridgehead atoms. The number of benzene rings is 1. The Morgan fingerprint density at radius 1 is 1.35 bits per heavy atom. The summed E-state index contributed by atoms with van der Waals surface area (Å²) in [4.78, 5) is 11.9. The number of rotatable bonds is 6. The van der Waals surface area contributed by atoms with Gasteiger partial charge >= 0.3 is 0 Å². The van der Waals surface area contributed by atoms with Gasteiger partial charge in [-0.05, 0) is 37.0 Å². The number of amides is 1. The fourth-order valence-electron chi connectivity index (χ4n) is 2.39. The van der Waals surface area contributed by atoms with E-state index in [1.165, 1.54) is 0 Å². The molecular formula is C16H21NO3. The van der Waals surface area contributed by atoms with Gasteiger partial charge in [0.15, 0.2) is 0 Å². The Kier molecular flexibility index (Phi) is 5.04. The third-order valence-corrected chi connectivity index (χ3v) is 3.52. The maximum atomic E-state index is 11.9. The summed E-state index contributed by atoms with van der Waals surface area (Å²) in [5, 5.41) is 2.94. The Hall–Kier alpha value is -1.97. The maximum absolute atomic E-state index is 11.9. The average Bonchev–Trinajstić information content (AvgIpc) is 2.97. The minimum absolute atomic E-state index is 0.0754. The number of nitrogens with one attached hydrogen (secondary N) is 1. The van der Waals surface area contributed by atoms with Gasteiger partial charge in [-0.2, -0.15) is 0 Å². The molecule has 1 aromatic rings. The van der Waals surface area contributed by atoms with Gasteiger partial charge in [0.05, 0.1) is 14.2 Å². The van der Waals surface area contributed by atoms with E-state index in [9.17, 15) is 4.79 Å². The second-order valence-electron chi connectivity index (χ2n) is 4.92. The summed E-state index contributed by atoms with van der Waals surface area (Å²) in [7, 11) is 3.24. The van der Waals surface area contributed by atoms with Crippen molar-refractivity contribution in [3.05, 3.63) is 35.9 Å². The number of allylic oxidation sites excluding steroid dienone is 2. The summed E-state index contributed by atoms with van der Waals surface area (Å²) >= 11 is 0. The second-order valence-corrected chi connectivity index (χ2v) is 4.92. The molecule has 0 saturated carbocycles. The Labute approximate surface area is 119 Å². The van der Waals surface area contributed by atoms with Gasteiger partial charge in [0.1, 0.15) is 11.5 Å². The molecule has 0 radical (unpaired) electrons. The van der Waals surface area contributed by atoms with Crippen LogP contribution in [0.25, 0.3) is 0 Å². The molecule has 108 valence electrons. The van der Waals surface area contributed by atoms with Crippen LogP contribution < -0.4 is 14.8 Å². The van der Waals surface area contributed by atoms with Gasteiger partial charge in [-0.1, -0.05) is 12.2 Å². The maximum Gasteiger partial charge on any atom is 0.220 e. The molecule has 20 heavy (non-hydrogen) atoms. The van der Waals surface area contributed by atoms with Crippen LogP contribution in [0.2, 0.25) is 0 Å². The largest absolute Gasteiger partial charge is 0.497 e. The van der Waals surface area contributed by atoms with Crippen LogP contribution in [-0.2, 0) is 11.3 Å². The lowest BCUT2D eigenvalue weighted by Crippen LogP contribution is -2.24. The van der Waals surface area contributed by atoms with Crippen molar-refractivity contribution >= 4 is 5.91 Å². The highest BCUT2D eigenvalue weighted by Crippen LogP contribution is 2.24. The number of hydrogen-bond acceptors (Lipinski definition) is 3. The lowest BCUT2D eigenvalue weighted by Gasteiger charge is -2.12. The molecule has 0 aliphatic heterocycles. The third-order valence-electron chi connectivity index (χ3n) is 3.52. The zero-order chi connectivity index (χ0) is 14.4. The van der Waals surface area contributed by atoms with Crippen molar-refractivity contribution in [2.45, 2.75) is 25.8 Å². The van der Waals surface area contributed by atoms with Crippen molar-refractivity contribution in [2.75, 3.05) is 14.2 Å². The van der Waals surface area contributed by atoms with E-state index in [4.69, 9.17) is 9.47 Å². The number of carbonyl (C=O) groups is 1. The third kappa shape index (κ3) is 3.76. The molecule has 1 aliphatic carbocycles. The molecule has 4 heteroatoms. The number of hydrogen-bond donors (Lipinski definition) is 1. The minimum atomic E-state index is 0.0754. The molecule has 1 atom stereocenters. The number of carbonyl (C=O) groups excluding carboxylic acids is 1. The van der Waals surface area contributed by atoms with E-state index in [1.807, 2.05) is 18.2 Å². The quantitative estimate of drug-likeness (QED) is 0.812. The normalized spacial score (nSPS) is 17.0. The van der Waals surface area contributed by atoms with E-state index in [-0.39, 0.29) is 5.91 Å². The lowest BCUT2D eigenvalue weighted by molar-refractivity contribution is -0.121. The first-order chi connectivity index (χ1) is 9.72. The molecule has 2 rings (SSSR count). The summed E-state index contributed by atoms with van der Waals surface area (Å²) in [6, 6.07) is 5.57. The summed E-state index contributed by atoms with van der Waals surface area (Å²) < 4.78 is 10.5. The highest BCUT2D eigenvalue weighted by atomic mass is 16.5. The molecule has 0 heterocycles. The summed E-state index contributed by atoms with van der Waals surface area (Å²) in [6.07, 6.45) is 7.00. The number of methoxy groups -OCH3 is 2. The molecule has 1 amide bonds. The van der Waals surface area contributed by atoms with Gasteiger partial charge in [0, 0.05) is 18.5 Å². The van der Waals surface area contributed by atoms with Crippen molar-refractivity contribution in [1.82, 2.24) is 5.32 Å². The molecule has 0 spiro atoms. The van der Waals surface area contributed by atoms with Crippen molar-refractivity contribution in [3.8, 4) is 11.5 Å². The lowest BCUT2D eigenvalue weighted by atomic mass is 10.0. The van der Waals surface area contributed by atoms with E-state index >= 15 is 0 Å². The second kappa shape index (κ2) is 6.98. The van der Waals surface area contributed by atoms with Gasteiger partial charge in [-0.3, -0.25) is 4.79 Å². The van der Waals surface area contributed by atoms with E-state index in [0.29, 0.717) is 18.9 Å². The van der Waals surface area contributed by atoms with Crippen LogP contribution in [0.15, 0.2) is 30.4 Å². The molecule has 0 unspecified atom stereocenters. The average molecular weight is 275 g/mol. The Balaban J connectivity index is 1.91. The zero-order valence-corrected chi connectivity index (χ0v) is 12.0. The Morgan fingerprint density at radius 3 is 2.85 bits per heavy atom. The Morgan fingerprint density at radius 2 is 2.20 bits per heavy atom. The first kappa shape index (κ1) is 14.4. The van der Waals surface area contributed by atoms with Crippen LogP contribution in [0.3, 0.4) is 0 Å². The van der Waals surface area contributed by atoms with E-state index in [1.54, 1.807) is 14.2 Å². The van der Waals surface area contributed by atoms with Crippen molar-refractivity contribution in [2.24, 2.45) is 5.92 Å². The zero-order valence-electron chi connectivity index (χ0n) is 12.0. The van der Waals surface area contributed by atoms with Crippen molar-refractivity contribution in [1.29, 1.82) is 0 Å². The molecule has 0 fully saturated rings. The molecule has 1 aliphatic rings. The fourth-order valence-corrected chi connectivity index (χ4v) is 2.39. The Bertz CT molecular complexity index is 496. The van der Waals surface area contributed by atoms with Crippen LogP contribution in [0.1, 0.15) is 24.8 Å². The van der Waals surface area contributed by atoms with Crippen molar-refractivity contribution in [3.63, 3.8) is 0 Å². The summed E-state index contributed by atoms with van der Waals surface area (Å²) in [5.41, 5.74) is 0.919. The summed E-state index contributed by atoms with van der Waals surface area (Å²) in [5.74, 6) is 1.98. The van der Waals surface area contributed by atoms with Crippen LogP contribution >= 0.6 is 0 Å². The van der Waals surface area contributed by atoms with E-state index < -0.39 is 0 Å². The summed E-state index contributed by atoms with van der Waals surface area (Å²) in [6.45, 7) is 0.454. The molecule has 1 N–H and O–H groups in total. The standard InChI is InChI=1S/C16H21NO3/c1-19-14-7-8-15(20-2)13(10-14)11-17-16(18)9-12-5-3-4-6-12/h3,5,7-8,10,12H,4,6,9,11H2,1-2H3,(H,17,18)/t12-/m1/s1. The molecule has 1 aromatic carbocycles. The molecular weight excluding hydrogens is 254 g/mol. The van der Waals surface area contributed by atoms with Crippen LogP contribution in [0, 0.1) is 5.92 Å². The monoisotopic (exact) mass is 275 g/mol. The van der Waals surface area contributed by atoms with Gasteiger partial charge in [-0.15, -0.1) is 0 Å². The SMILES string of the molecule is COc1ccc(OC)c(CNC(=O)C[C@@H]2C=CCC2)c1. The van der Waals surface area contributed by atoms with Gasteiger partial charge < -0.3 is 14.8 Å².